The molecule has 1 aromatic rings. The largest absolute Gasteiger partial charge is 0.341 e. The van der Waals surface area contributed by atoms with Crippen LogP contribution in [-0.2, 0) is 13.1 Å². The molecular weight excluding hydrogens is 236 g/mol. The second-order valence-electron chi connectivity index (χ2n) is 5.01. The van der Waals surface area contributed by atoms with Crippen molar-refractivity contribution in [3.05, 3.63) is 16.4 Å². The van der Waals surface area contributed by atoms with Crippen molar-refractivity contribution < 1.29 is 0 Å². The number of nitrogens with zero attached hydrogens (tertiary/aromatic N) is 3. The van der Waals surface area contributed by atoms with Crippen molar-refractivity contribution in [1.29, 1.82) is 0 Å². The zero-order valence-corrected chi connectivity index (χ0v) is 10.8. The fourth-order valence-electron chi connectivity index (χ4n) is 2.46. The van der Waals surface area contributed by atoms with E-state index in [2.05, 4.69) is 27.1 Å². The maximum absolute atomic E-state index is 6.20. The summed E-state index contributed by atoms with van der Waals surface area (Å²) < 4.78 is 0. The number of anilines is 1. The van der Waals surface area contributed by atoms with Crippen molar-refractivity contribution >= 4 is 17.5 Å². The molecular formula is C12H17ClN4. The fraction of sp³-hybridized carbons (Fsp3) is 0.667. The lowest BCUT2D eigenvalue weighted by atomic mass is 10.00. The van der Waals surface area contributed by atoms with Crippen molar-refractivity contribution in [2.75, 3.05) is 18.0 Å². The van der Waals surface area contributed by atoms with Gasteiger partial charge in [0, 0.05) is 31.7 Å². The molecule has 1 N–H and O–H groups in total. The minimum atomic E-state index is 0.619. The summed E-state index contributed by atoms with van der Waals surface area (Å²) in [5.74, 6) is 1.63. The van der Waals surface area contributed by atoms with Gasteiger partial charge in [0.25, 0.3) is 0 Å². The number of halogens is 1. The number of piperidine rings is 1. The maximum Gasteiger partial charge on any atom is 0.227 e. The number of fused-ring (bicyclic) bond motifs is 1. The Morgan fingerprint density at radius 3 is 2.76 bits per heavy atom. The maximum atomic E-state index is 6.20. The molecule has 0 aromatic carbocycles. The van der Waals surface area contributed by atoms with Gasteiger partial charge in [0.1, 0.15) is 5.15 Å². The highest BCUT2D eigenvalue weighted by Gasteiger charge is 2.22. The third-order valence-corrected chi connectivity index (χ3v) is 4.00. The Balaban J connectivity index is 1.86. The molecule has 0 spiro atoms. The van der Waals surface area contributed by atoms with Crippen LogP contribution in [0.3, 0.4) is 0 Å². The van der Waals surface area contributed by atoms with Gasteiger partial charge in [-0.05, 0) is 18.8 Å². The summed E-state index contributed by atoms with van der Waals surface area (Å²) in [5, 5.41) is 3.88. The highest BCUT2D eigenvalue weighted by Crippen LogP contribution is 2.26. The van der Waals surface area contributed by atoms with E-state index in [1.54, 1.807) is 0 Å². The van der Waals surface area contributed by atoms with Gasteiger partial charge in [0.05, 0.1) is 5.69 Å². The fourth-order valence-corrected chi connectivity index (χ4v) is 2.72. The second kappa shape index (κ2) is 4.42. The zero-order chi connectivity index (χ0) is 11.8. The molecule has 1 aromatic heterocycles. The van der Waals surface area contributed by atoms with Gasteiger partial charge in [-0.2, -0.15) is 0 Å². The summed E-state index contributed by atoms with van der Waals surface area (Å²) in [4.78, 5) is 11.3. The molecule has 0 aliphatic carbocycles. The van der Waals surface area contributed by atoms with Crippen LogP contribution in [0, 0.1) is 5.92 Å². The molecule has 1 saturated heterocycles. The van der Waals surface area contributed by atoms with Gasteiger partial charge in [-0.1, -0.05) is 18.5 Å². The Morgan fingerprint density at radius 2 is 2.00 bits per heavy atom. The molecule has 4 nitrogen and oxygen atoms in total. The summed E-state index contributed by atoms with van der Waals surface area (Å²) in [6.07, 6.45) is 2.44. The highest BCUT2D eigenvalue weighted by molar-refractivity contribution is 6.30. The van der Waals surface area contributed by atoms with E-state index in [4.69, 9.17) is 11.6 Å². The number of nitrogens with one attached hydrogen (secondary N) is 1. The van der Waals surface area contributed by atoms with Crippen molar-refractivity contribution in [2.45, 2.75) is 32.9 Å². The van der Waals surface area contributed by atoms with Crippen LogP contribution in [0.25, 0.3) is 0 Å². The van der Waals surface area contributed by atoms with Crippen LogP contribution in [0.2, 0.25) is 5.15 Å². The Bertz CT molecular complexity index is 427. The average Bonchev–Trinajstić information content (AvgIpc) is 2.78. The van der Waals surface area contributed by atoms with E-state index >= 15 is 0 Å². The SMILES string of the molecule is CC1CCN(c2nc(Cl)c3c(n2)CNC3)CC1. The Kier molecular flexibility index (Phi) is 2.92. The normalized spacial score (nSPS) is 20.7. The molecule has 2 aliphatic rings. The van der Waals surface area contributed by atoms with Gasteiger partial charge < -0.3 is 10.2 Å². The zero-order valence-electron chi connectivity index (χ0n) is 10.0. The Labute approximate surface area is 106 Å². The van der Waals surface area contributed by atoms with Crippen LogP contribution >= 0.6 is 11.6 Å². The Hall–Kier alpha value is -0.870. The molecule has 1 fully saturated rings. The van der Waals surface area contributed by atoms with Gasteiger partial charge in [-0.3, -0.25) is 0 Å². The van der Waals surface area contributed by atoms with E-state index in [1.807, 2.05) is 0 Å². The molecule has 0 saturated carbocycles. The van der Waals surface area contributed by atoms with E-state index in [-0.39, 0.29) is 0 Å². The summed E-state index contributed by atoms with van der Waals surface area (Å²) >= 11 is 6.20. The predicted octanol–water partition coefficient (Wildman–Crippen LogP) is 1.97. The molecule has 0 unspecified atom stereocenters. The number of rotatable bonds is 1. The first-order chi connectivity index (χ1) is 8.24. The van der Waals surface area contributed by atoms with Crippen LogP contribution in [0.1, 0.15) is 31.0 Å². The molecule has 5 heteroatoms. The minimum Gasteiger partial charge on any atom is -0.341 e. The first-order valence-corrected chi connectivity index (χ1v) is 6.63. The first-order valence-electron chi connectivity index (χ1n) is 6.25. The van der Waals surface area contributed by atoms with Gasteiger partial charge in [-0.25, -0.2) is 9.97 Å². The van der Waals surface area contributed by atoms with Crippen molar-refractivity contribution in [3.8, 4) is 0 Å². The lowest BCUT2D eigenvalue weighted by Gasteiger charge is -2.30. The number of hydrogen-bond acceptors (Lipinski definition) is 4. The number of aromatic nitrogens is 2. The third kappa shape index (κ3) is 2.11. The number of hydrogen-bond donors (Lipinski definition) is 1. The molecule has 3 heterocycles. The molecule has 0 atom stereocenters. The van der Waals surface area contributed by atoms with E-state index in [1.165, 1.54) is 12.8 Å². The topological polar surface area (TPSA) is 41.1 Å². The quantitative estimate of drug-likeness (QED) is 0.776. The van der Waals surface area contributed by atoms with Gasteiger partial charge in [0.15, 0.2) is 0 Å². The van der Waals surface area contributed by atoms with E-state index < -0.39 is 0 Å². The van der Waals surface area contributed by atoms with Crippen LogP contribution in [0.5, 0.6) is 0 Å². The second-order valence-corrected chi connectivity index (χ2v) is 5.37. The molecule has 0 amide bonds. The lowest BCUT2D eigenvalue weighted by Crippen LogP contribution is -2.34. The summed E-state index contributed by atoms with van der Waals surface area (Å²) in [7, 11) is 0. The van der Waals surface area contributed by atoms with Gasteiger partial charge in [-0.15, -0.1) is 0 Å². The van der Waals surface area contributed by atoms with Crippen molar-refractivity contribution in [1.82, 2.24) is 15.3 Å². The molecule has 0 bridgehead atoms. The van der Waals surface area contributed by atoms with Crippen LogP contribution in [-0.4, -0.2) is 23.1 Å². The monoisotopic (exact) mass is 252 g/mol. The van der Waals surface area contributed by atoms with Crippen LogP contribution in [0.4, 0.5) is 5.95 Å². The average molecular weight is 253 g/mol. The molecule has 92 valence electrons. The smallest absolute Gasteiger partial charge is 0.227 e. The first kappa shape index (κ1) is 11.2. The third-order valence-electron chi connectivity index (χ3n) is 3.69. The molecule has 0 radical (unpaired) electrons. The van der Waals surface area contributed by atoms with E-state index in [0.717, 1.165) is 49.3 Å². The van der Waals surface area contributed by atoms with E-state index in [0.29, 0.717) is 5.15 Å². The summed E-state index contributed by atoms with van der Waals surface area (Å²) in [5.41, 5.74) is 2.14. The Morgan fingerprint density at radius 1 is 1.24 bits per heavy atom. The summed E-state index contributed by atoms with van der Waals surface area (Å²) in [6.45, 7) is 6.01. The standard InChI is InChI=1S/C12H17ClN4/c1-8-2-4-17(5-3-8)12-15-10-7-14-6-9(10)11(13)16-12/h8,14H,2-7H2,1H3. The lowest BCUT2D eigenvalue weighted by molar-refractivity contribution is 0.434. The van der Waals surface area contributed by atoms with Crippen LogP contribution < -0.4 is 10.2 Å². The minimum absolute atomic E-state index is 0.619. The van der Waals surface area contributed by atoms with Gasteiger partial charge >= 0.3 is 0 Å². The van der Waals surface area contributed by atoms with Gasteiger partial charge in [0.2, 0.25) is 5.95 Å². The van der Waals surface area contributed by atoms with Crippen molar-refractivity contribution in [3.63, 3.8) is 0 Å². The van der Waals surface area contributed by atoms with Crippen molar-refractivity contribution in [2.24, 2.45) is 5.92 Å². The molecule has 2 aliphatic heterocycles. The summed E-state index contributed by atoms with van der Waals surface area (Å²) in [6, 6.07) is 0. The molecule has 17 heavy (non-hydrogen) atoms. The predicted molar refractivity (Wildman–Crippen MR) is 68.2 cm³/mol. The van der Waals surface area contributed by atoms with Crippen LogP contribution in [0.15, 0.2) is 0 Å². The molecule has 3 rings (SSSR count). The highest BCUT2D eigenvalue weighted by atomic mass is 35.5. The van der Waals surface area contributed by atoms with E-state index in [9.17, 15) is 0 Å².